The molecule has 1 heteroatoms. The van der Waals surface area contributed by atoms with Gasteiger partial charge in [0.05, 0.1) is 0 Å². The van der Waals surface area contributed by atoms with Crippen molar-refractivity contribution in [2.24, 2.45) is 0 Å². The highest BCUT2D eigenvalue weighted by molar-refractivity contribution is 5.60. The van der Waals surface area contributed by atoms with E-state index in [1.54, 1.807) is 0 Å². The normalized spacial score (nSPS) is 15.4. The first-order chi connectivity index (χ1) is 10.6. The van der Waals surface area contributed by atoms with Gasteiger partial charge in [-0.25, -0.2) is 0 Å². The van der Waals surface area contributed by atoms with Crippen LogP contribution in [0, 0.1) is 0 Å². The first kappa shape index (κ1) is 14.9. The molecule has 114 valence electrons. The van der Waals surface area contributed by atoms with Crippen LogP contribution in [0.15, 0.2) is 48.5 Å². The minimum absolute atomic E-state index is 0.236. The van der Waals surface area contributed by atoms with Gasteiger partial charge in [0.1, 0.15) is 12.4 Å². The molecule has 0 aromatic heterocycles. The Bertz CT molecular complexity index is 678. The maximum Gasteiger partial charge on any atom is 0.119 e. The van der Waals surface area contributed by atoms with Gasteiger partial charge in [0, 0.05) is 0 Å². The summed E-state index contributed by atoms with van der Waals surface area (Å²) < 4.78 is 5.91. The topological polar surface area (TPSA) is 9.23 Å². The standard InChI is InChI=1S/C21H24O/c1-4-16-7-10-19(11-8-16)22-15-17-9-12-20-18(14-17)6-5-13-21(20,2)3/h5-12,14H,4,13,15H2,1-3H3. The lowest BCUT2D eigenvalue weighted by Crippen LogP contribution is -2.20. The zero-order chi connectivity index (χ0) is 15.6. The van der Waals surface area contributed by atoms with E-state index in [1.807, 2.05) is 0 Å². The first-order valence-corrected chi connectivity index (χ1v) is 8.10. The van der Waals surface area contributed by atoms with Crippen molar-refractivity contribution in [3.05, 3.63) is 70.8 Å². The van der Waals surface area contributed by atoms with Crippen LogP contribution in [0.5, 0.6) is 5.75 Å². The lowest BCUT2D eigenvalue weighted by Gasteiger charge is -2.29. The second kappa shape index (κ2) is 6.00. The van der Waals surface area contributed by atoms with E-state index in [9.17, 15) is 0 Å². The number of allylic oxidation sites excluding steroid dienone is 1. The highest BCUT2D eigenvalue weighted by atomic mass is 16.5. The Morgan fingerprint density at radius 2 is 1.73 bits per heavy atom. The van der Waals surface area contributed by atoms with E-state index in [1.165, 1.54) is 22.3 Å². The van der Waals surface area contributed by atoms with Crippen LogP contribution in [-0.2, 0) is 18.4 Å². The van der Waals surface area contributed by atoms with Crippen LogP contribution in [0.3, 0.4) is 0 Å². The lowest BCUT2D eigenvalue weighted by atomic mass is 9.75. The molecule has 0 amide bonds. The molecule has 0 saturated heterocycles. The molecule has 1 nitrogen and oxygen atoms in total. The molecule has 1 aliphatic rings. The quantitative estimate of drug-likeness (QED) is 0.720. The van der Waals surface area contributed by atoms with E-state index in [0.29, 0.717) is 6.61 Å². The van der Waals surface area contributed by atoms with Crippen molar-refractivity contribution < 1.29 is 4.74 Å². The van der Waals surface area contributed by atoms with Gasteiger partial charge in [0.25, 0.3) is 0 Å². The number of aryl methyl sites for hydroxylation is 1. The fraction of sp³-hybridized carbons (Fsp3) is 0.333. The van der Waals surface area contributed by atoms with Crippen LogP contribution < -0.4 is 4.74 Å². The monoisotopic (exact) mass is 292 g/mol. The van der Waals surface area contributed by atoms with Crippen LogP contribution in [-0.4, -0.2) is 0 Å². The molecule has 0 bridgehead atoms. The molecule has 0 aliphatic heterocycles. The Morgan fingerprint density at radius 3 is 2.45 bits per heavy atom. The summed E-state index contributed by atoms with van der Waals surface area (Å²) in [5, 5.41) is 0. The molecule has 0 fully saturated rings. The highest BCUT2D eigenvalue weighted by Gasteiger charge is 2.24. The number of hydrogen-bond acceptors (Lipinski definition) is 1. The largest absolute Gasteiger partial charge is 0.489 e. The molecule has 1 aliphatic carbocycles. The second-order valence-corrected chi connectivity index (χ2v) is 6.70. The SMILES string of the molecule is CCc1ccc(OCc2ccc3c(c2)C=CCC3(C)C)cc1. The molecule has 22 heavy (non-hydrogen) atoms. The Morgan fingerprint density at radius 1 is 1.00 bits per heavy atom. The fourth-order valence-corrected chi connectivity index (χ4v) is 3.03. The second-order valence-electron chi connectivity index (χ2n) is 6.70. The summed E-state index contributed by atoms with van der Waals surface area (Å²) in [6, 6.07) is 15.1. The van der Waals surface area contributed by atoms with Crippen LogP contribution in [0.1, 0.15) is 49.4 Å². The number of hydrogen-bond donors (Lipinski definition) is 0. The maximum atomic E-state index is 5.91. The predicted octanol–water partition coefficient (Wildman–Crippen LogP) is 5.52. The molecule has 0 spiro atoms. The first-order valence-electron chi connectivity index (χ1n) is 8.10. The summed E-state index contributed by atoms with van der Waals surface area (Å²) in [5.74, 6) is 0.936. The minimum Gasteiger partial charge on any atom is -0.489 e. The molecule has 0 unspecified atom stereocenters. The van der Waals surface area contributed by atoms with Crippen molar-refractivity contribution in [2.45, 2.75) is 45.6 Å². The maximum absolute atomic E-state index is 5.91. The van der Waals surface area contributed by atoms with E-state index >= 15 is 0 Å². The van der Waals surface area contributed by atoms with Gasteiger partial charge in [-0.1, -0.05) is 57.2 Å². The number of fused-ring (bicyclic) bond motifs is 1. The lowest BCUT2D eigenvalue weighted by molar-refractivity contribution is 0.306. The van der Waals surface area contributed by atoms with E-state index < -0.39 is 0 Å². The van der Waals surface area contributed by atoms with Gasteiger partial charge >= 0.3 is 0 Å². The van der Waals surface area contributed by atoms with Crippen molar-refractivity contribution in [3.63, 3.8) is 0 Å². The molecule has 3 rings (SSSR count). The van der Waals surface area contributed by atoms with Crippen molar-refractivity contribution in [1.82, 2.24) is 0 Å². The van der Waals surface area contributed by atoms with Crippen LogP contribution >= 0.6 is 0 Å². The summed E-state index contributed by atoms with van der Waals surface area (Å²) in [6.07, 6.45) is 6.68. The minimum atomic E-state index is 0.236. The molecule has 0 atom stereocenters. The molecular formula is C21H24O. The van der Waals surface area contributed by atoms with Crippen molar-refractivity contribution in [3.8, 4) is 5.75 Å². The summed E-state index contributed by atoms with van der Waals surface area (Å²) in [4.78, 5) is 0. The summed E-state index contributed by atoms with van der Waals surface area (Å²) in [7, 11) is 0. The molecule has 0 radical (unpaired) electrons. The van der Waals surface area contributed by atoms with Crippen LogP contribution in [0.2, 0.25) is 0 Å². The molecule has 0 saturated carbocycles. The van der Waals surface area contributed by atoms with Gasteiger partial charge in [-0.05, 0) is 58.7 Å². The van der Waals surface area contributed by atoms with Gasteiger partial charge in [-0.15, -0.1) is 0 Å². The van der Waals surface area contributed by atoms with Crippen LogP contribution in [0.25, 0.3) is 6.08 Å². The number of ether oxygens (including phenoxy) is 1. The molecule has 2 aromatic rings. The Labute approximate surface area is 133 Å². The summed E-state index contributed by atoms with van der Waals surface area (Å²) in [6.45, 7) is 7.40. The molecular weight excluding hydrogens is 268 g/mol. The molecule has 0 N–H and O–H groups in total. The zero-order valence-corrected chi connectivity index (χ0v) is 13.7. The van der Waals surface area contributed by atoms with Gasteiger partial charge in [0.15, 0.2) is 0 Å². The number of benzene rings is 2. The molecule has 2 aromatic carbocycles. The zero-order valence-electron chi connectivity index (χ0n) is 13.7. The predicted molar refractivity (Wildman–Crippen MR) is 93.3 cm³/mol. The van der Waals surface area contributed by atoms with Gasteiger partial charge < -0.3 is 4.74 Å². The van der Waals surface area contributed by atoms with E-state index in [4.69, 9.17) is 4.74 Å². The van der Waals surface area contributed by atoms with Crippen molar-refractivity contribution in [2.75, 3.05) is 0 Å². The van der Waals surface area contributed by atoms with Crippen molar-refractivity contribution >= 4 is 6.08 Å². The summed E-state index contributed by atoms with van der Waals surface area (Å²) >= 11 is 0. The number of rotatable bonds is 4. The average Bonchev–Trinajstić information content (AvgIpc) is 2.53. The third-order valence-electron chi connectivity index (χ3n) is 4.51. The fourth-order valence-electron chi connectivity index (χ4n) is 3.03. The third kappa shape index (κ3) is 3.09. The summed E-state index contributed by atoms with van der Waals surface area (Å²) in [5.41, 5.74) is 5.57. The Balaban J connectivity index is 1.72. The van der Waals surface area contributed by atoms with Crippen molar-refractivity contribution in [1.29, 1.82) is 0 Å². The van der Waals surface area contributed by atoms with Gasteiger partial charge in [0.2, 0.25) is 0 Å². The Kier molecular flexibility index (Phi) is 4.06. The van der Waals surface area contributed by atoms with E-state index in [-0.39, 0.29) is 5.41 Å². The average molecular weight is 292 g/mol. The third-order valence-corrected chi connectivity index (χ3v) is 4.51. The van der Waals surface area contributed by atoms with Gasteiger partial charge in [-0.3, -0.25) is 0 Å². The van der Waals surface area contributed by atoms with Crippen LogP contribution in [0.4, 0.5) is 0 Å². The van der Waals surface area contributed by atoms with E-state index in [2.05, 4.69) is 75.4 Å². The Hall–Kier alpha value is -2.02. The van der Waals surface area contributed by atoms with E-state index in [0.717, 1.165) is 18.6 Å². The smallest absolute Gasteiger partial charge is 0.119 e. The highest BCUT2D eigenvalue weighted by Crippen LogP contribution is 2.35. The van der Waals surface area contributed by atoms with Gasteiger partial charge in [-0.2, -0.15) is 0 Å². The molecule has 0 heterocycles.